The second-order valence-electron chi connectivity index (χ2n) is 4.76. The molecule has 0 aliphatic carbocycles. The van der Waals surface area contributed by atoms with Crippen molar-refractivity contribution in [3.05, 3.63) is 57.2 Å². The number of aromatic nitrogens is 1. The fraction of sp³-hybridized carbons (Fsp3) is 0.188. The van der Waals surface area contributed by atoms with Crippen LogP contribution in [-0.4, -0.2) is 4.98 Å². The topological polar surface area (TPSA) is 24.9 Å². The molecule has 0 unspecified atom stereocenters. The zero-order valence-corrected chi connectivity index (χ0v) is 13.1. The minimum absolute atomic E-state index is 0.769. The Hall–Kier alpha value is -1.65. The molecule has 0 bridgehead atoms. The summed E-state index contributed by atoms with van der Waals surface area (Å²) in [5.74, 6) is 0. The molecule has 102 valence electrons. The summed E-state index contributed by atoms with van der Waals surface area (Å²) in [6, 6.07) is 8.46. The summed E-state index contributed by atoms with van der Waals surface area (Å²) < 4.78 is 0. The van der Waals surface area contributed by atoms with E-state index in [0.717, 1.165) is 17.2 Å². The first-order valence-electron chi connectivity index (χ1n) is 6.51. The van der Waals surface area contributed by atoms with Crippen molar-refractivity contribution in [2.45, 2.75) is 20.4 Å². The summed E-state index contributed by atoms with van der Waals surface area (Å²) >= 11 is 3.41. The van der Waals surface area contributed by atoms with Crippen molar-refractivity contribution in [2.24, 2.45) is 0 Å². The summed E-state index contributed by atoms with van der Waals surface area (Å²) in [7, 11) is 0. The second-order valence-corrected chi connectivity index (χ2v) is 6.40. The first-order valence-corrected chi connectivity index (χ1v) is 8.33. The number of benzene rings is 1. The Morgan fingerprint density at radius 3 is 2.85 bits per heavy atom. The van der Waals surface area contributed by atoms with E-state index in [9.17, 15) is 0 Å². The highest BCUT2D eigenvalue weighted by molar-refractivity contribution is 7.14. The molecule has 0 radical (unpaired) electrons. The lowest BCUT2D eigenvalue weighted by atomic mass is 10.1. The molecule has 3 rings (SSSR count). The number of hydrogen-bond donors (Lipinski definition) is 1. The first-order chi connectivity index (χ1) is 9.74. The number of nitrogens with zero attached hydrogens (tertiary/aromatic N) is 1. The van der Waals surface area contributed by atoms with Gasteiger partial charge in [0.1, 0.15) is 5.01 Å². The lowest BCUT2D eigenvalue weighted by Gasteiger charge is -2.10. The molecule has 0 aliphatic rings. The van der Waals surface area contributed by atoms with Crippen LogP contribution in [0.1, 0.15) is 16.8 Å². The van der Waals surface area contributed by atoms with Gasteiger partial charge in [-0.05, 0) is 42.5 Å². The van der Waals surface area contributed by atoms with Crippen molar-refractivity contribution in [3.8, 4) is 10.6 Å². The van der Waals surface area contributed by atoms with Gasteiger partial charge in [-0.15, -0.1) is 11.3 Å². The van der Waals surface area contributed by atoms with E-state index in [0.29, 0.717) is 0 Å². The third-order valence-electron chi connectivity index (χ3n) is 3.38. The molecule has 0 saturated carbocycles. The second kappa shape index (κ2) is 5.77. The van der Waals surface area contributed by atoms with Gasteiger partial charge >= 0.3 is 0 Å². The van der Waals surface area contributed by atoms with Crippen molar-refractivity contribution in [1.29, 1.82) is 0 Å². The number of nitrogens with one attached hydrogen (secondary N) is 1. The van der Waals surface area contributed by atoms with Gasteiger partial charge in [0.2, 0.25) is 0 Å². The van der Waals surface area contributed by atoms with E-state index in [4.69, 9.17) is 0 Å². The Morgan fingerprint density at radius 1 is 1.15 bits per heavy atom. The minimum atomic E-state index is 0.769. The quantitative estimate of drug-likeness (QED) is 0.725. The SMILES string of the molecule is Cc1cccc(NCc2csc(-c3ccsc3)n2)c1C. The van der Waals surface area contributed by atoms with Crippen LogP contribution in [0.15, 0.2) is 40.4 Å². The zero-order valence-electron chi connectivity index (χ0n) is 11.5. The molecule has 0 aliphatic heterocycles. The van der Waals surface area contributed by atoms with E-state index in [1.54, 1.807) is 22.7 Å². The Kier molecular flexibility index (Phi) is 3.85. The fourth-order valence-corrected chi connectivity index (χ4v) is 3.57. The number of rotatable bonds is 4. The van der Waals surface area contributed by atoms with Crippen LogP contribution in [0.3, 0.4) is 0 Å². The fourth-order valence-electron chi connectivity index (χ4n) is 2.04. The van der Waals surface area contributed by atoms with E-state index in [1.165, 1.54) is 22.4 Å². The molecule has 0 saturated heterocycles. The maximum atomic E-state index is 4.68. The predicted molar refractivity (Wildman–Crippen MR) is 88.7 cm³/mol. The minimum Gasteiger partial charge on any atom is -0.379 e. The van der Waals surface area contributed by atoms with E-state index >= 15 is 0 Å². The van der Waals surface area contributed by atoms with Gasteiger partial charge in [-0.25, -0.2) is 4.98 Å². The average molecular weight is 300 g/mol. The number of hydrogen-bond acceptors (Lipinski definition) is 4. The van der Waals surface area contributed by atoms with Crippen molar-refractivity contribution in [2.75, 3.05) is 5.32 Å². The summed E-state index contributed by atoms with van der Waals surface area (Å²) in [5.41, 5.74) is 6.12. The molecule has 0 amide bonds. The Labute approximate surface area is 127 Å². The van der Waals surface area contributed by atoms with Crippen LogP contribution in [0.25, 0.3) is 10.6 Å². The molecule has 0 spiro atoms. The molecular formula is C16H16N2S2. The van der Waals surface area contributed by atoms with Gasteiger partial charge in [0.25, 0.3) is 0 Å². The zero-order chi connectivity index (χ0) is 13.9. The number of anilines is 1. The maximum Gasteiger partial charge on any atom is 0.124 e. The molecule has 0 fully saturated rings. The van der Waals surface area contributed by atoms with E-state index in [2.05, 4.69) is 64.6 Å². The van der Waals surface area contributed by atoms with E-state index in [1.807, 2.05) is 0 Å². The molecule has 3 aromatic rings. The highest BCUT2D eigenvalue weighted by Gasteiger charge is 2.06. The number of aryl methyl sites for hydroxylation is 1. The highest BCUT2D eigenvalue weighted by Crippen LogP contribution is 2.26. The van der Waals surface area contributed by atoms with Crippen LogP contribution in [0.2, 0.25) is 0 Å². The third kappa shape index (κ3) is 2.76. The molecule has 4 heteroatoms. The van der Waals surface area contributed by atoms with Gasteiger partial charge in [-0.3, -0.25) is 0 Å². The third-order valence-corrected chi connectivity index (χ3v) is 5.01. The van der Waals surface area contributed by atoms with Gasteiger partial charge in [0.05, 0.1) is 12.2 Å². The van der Waals surface area contributed by atoms with Gasteiger partial charge in [-0.1, -0.05) is 12.1 Å². The predicted octanol–water partition coefficient (Wildman–Crippen LogP) is 5.10. The van der Waals surface area contributed by atoms with Gasteiger partial charge in [0, 0.05) is 22.0 Å². The molecule has 20 heavy (non-hydrogen) atoms. The molecule has 2 nitrogen and oxygen atoms in total. The summed E-state index contributed by atoms with van der Waals surface area (Å²) in [6.07, 6.45) is 0. The standard InChI is InChI=1S/C16H16N2S2/c1-11-4-3-5-15(12(11)2)17-8-14-10-20-16(18-14)13-6-7-19-9-13/h3-7,9-10,17H,8H2,1-2H3. The smallest absolute Gasteiger partial charge is 0.124 e. The Morgan fingerprint density at radius 2 is 2.05 bits per heavy atom. The van der Waals surface area contributed by atoms with E-state index < -0.39 is 0 Å². The average Bonchev–Trinajstić information content (AvgIpc) is 3.10. The van der Waals surface area contributed by atoms with Gasteiger partial charge in [-0.2, -0.15) is 11.3 Å². The van der Waals surface area contributed by atoms with Crippen LogP contribution >= 0.6 is 22.7 Å². The lowest BCUT2D eigenvalue weighted by molar-refractivity contribution is 1.07. The van der Waals surface area contributed by atoms with Crippen LogP contribution in [0, 0.1) is 13.8 Å². The summed E-state index contributed by atoms with van der Waals surface area (Å²) in [6.45, 7) is 5.05. The van der Waals surface area contributed by atoms with Crippen LogP contribution in [-0.2, 0) is 6.54 Å². The molecule has 1 N–H and O–H groups in total. The largest absolute Gasteiger partial charge is 0.379 e. The molecular weight excluding hydrogens is 284 g/mol. The lowest BCUT2D eigenvalue weighted by Crippen LogP contribution is -2.02. The summed E-state index contributed by atoms with van der Waals surface area (Å²) in [4.78, 5) is 4.68. The van der Waals surface area contributed by atoms with E-state index in [-0.39, 0.29) is 0 Å². The van der Waals surface area contributed by atoms with Crippen LogP contribution < -0.4 is 5.32 Å². The van der Waals surface area contributed by atoms with Gasteiger partial charge < -0.3 is 5.32 Å². The Bertz CT molecular complexity index is 699. The highest BCUT2D eigenvalue weighted by atomic mass is 32.1. The van der Waals surface area contributed by atoms with Crippen molar-refractivity contribution in [1.82, 2.24) is 4.98 Å². The van der Waals surface area contributed by atoms with Crippen LogP contribution in [0.5, 0.6) is 0 Å². The number of thiophene rings is 1. The van der Waals surface area contributed by atoms with Crippen LogP contribution in [0.4, 0.5) is 5.69 Å². The first kappa shape index (κ1) is 13.3. The normalized spacial score (nSPS) is 10.7. The van der Waals surface area contributed by atoms with Gasteiger partial charge in [0.15, 0.2) is 0 Å². The summed E-state index contributed by atoms with van der Waals surface area (Å²) in [5, 5.41) is 10.9. The molecule has 2 heterocycles. The molecule has 0 atom stereocenters. The maximum absolute atomic E-state index is 4.68. The molecule has 2 aromatic heterocycles. The van der Waals surface area contributed by atoms with Crippen molar-refractivity contribution < 1.29 is 0 Å². The van der Waals surface area contributed by atoms with Crippen molar-refractivity contribution >= 4 is 28.4 Å². The van der Waals surface area contributed by atoms with Crippen molar-refractivity contribution in [3.63, 3.8) is 0 Å². The monoisotopic (exact) mass is 300 g/mol. The number of thiazole rings is 1. The molecule has 1 aromatic carbocycles. The Balaban J connectivity index is 1.71.